The van der Waals surface area contributed by atoms with Gasteiger partial charge in [-0.1, -0.05) is 30.7 Å². The normalized spacial score (nSPS) is 32.4. The van der Waals surface area contributed by atoms with E-state index in [0.29, 0.717) is 18.7 Å². The van der Waals surface area contributed by atoms with Crippen LogP contribution in [0.1, 0.15) is 13.3 Å². The van der Waals surface area contributed by atoms with Gasteiger partial charge in [-0.2, -0.15) is 0 Å². The Hall–Kier alpha value is -1.92. The monoisotopic (exact) mass is 365 g/mol. The molecule has 0 radical (unpaired) electrons. The average Bonchev–Trinajstić information content (AvgIpc) is 3.23. The van der Waals surface area contributed by atoms with Crippen molar-refractivity contribution in [1.82, 2.24) is 0 Å². The number of nitrogens with zero attached hydrogens (tertiary/aromatic N) is 1. The fraction of sp³-hybridized carbons (Fsp3) is 0.444. The lowest BCUT2D eigenvalue weighted by molar-refractivity contribution is -0.152. The molecule has 7 heteroatoms. The van der Waals surface area contributed by atoms with E-state index in [1.807, 2.05) is 19.1 Å². The SMILES string of the molecule is CCCOC(=O)[C@@H]1[C@H]2C=C[C@@]3(CN(c4ccc(Cl)c(F)c4)C(=O)[C@@H]13)O2. The summed E-state index contributed by atoms with van der Waals surface area (Å²) in [5, 5.41) is -0.00755. The number of halogens is 2. The molecular weight excluding hydrogens is 349 g/mol. The molecule has 3 aliphatic rings. The van der Waals surface area contributed by atoms with Crippen molar-refractivity contribution in [3.8, 4) is 0 Å². The van der Waals surface area contributed by atoms with Crippen LogP contribution in [0, 0.1) is 17.7 Å². The number of rotatable bonds is 4. The molecule has 0 aliphatic carbocycles. The van der Waals surface area contributed by atoms with Gasteiger partial charge in [-0.15, -0.1) is 0 Å². The topological polar surface area (TPSA) is 55.8 Å². The Bertz CT molecular complexity index is 782. The molecule has 0 unspecified atom stereocenters. The predicted molar refractivity (Wildman–Crippen MR) is 88.7 cm³/mol. The van der Waals surface area contributed by atoms with Gasteiger partial charge in [0, 0.05) is 5.69 Å². The van der Waals surface area contributed by atoms with Gasteiger partial charge in [0.05, 0.1) is 30.2 Å². The first-order valence-electron chi connectivity index (χ1n) is 8.27. The molecular formula is C18H17ClFNO4. The lowest BCUT2D eigenvalue weighted by Crippen LogP contribution is -2.40. The molecule has 4 atom stereocenters. The van der Waals surface area contributed by atoms with Crippen LogP contribution in [0.4, 0.5) is 10.1 Å². The molecule has 0 N–H and O–H groups in total. The Labute approximate surface area is 149 Å². The summed E-state index contributed by atoms with van der Waals surface area (Å²) in [6.07, 6.45) is 3.92. The zero-order chi connectivity index (χ0) is 17.8. The molecule has 1 aromatic carbocycles. The lowest BCUT2D eigenvalue weighted by atomic mass is 9.77. The van der Waals surface area contributed by atoms with Crippen molar-refractivity contribution in [3.05, 3.63) is 41.2 Å². The molecule has 5 nitrogen and oxygen atoms in total. The van der Waals surface area contributed by atoms with Gasteiger partial charge in [0.2, 0.25) is 5.91 Å². The second kappa shape index (κ2) is 5.81. The second-order valence-corrected chi connectivity index (χ2v) is 7.00. The third kappa shape index (κ3) is 2.39. The minimum Gasteiger partial charge on any atom is -0.465 e. The number of esters is 1. The van der Waals surface area contributed by atoms with E-state index >= 15 is 0 Å². The van der Waals surface area contributed by atoms with Gasteiger partial charge < -0.3 is 14.4 Å². The highest BCUT2D eigenvalue weighted by atomic mass is 35.5. The van der Waals surface area contributed by atoms with Gasteiger partial charge >= 0.3 is 5.97 Å². The minimum atomic E-state index is -0.853. The molecule has 132 valence electrons. The fourth-order valence-electron chi connectivity index (χ4n) is 3.94. The molecule has 1 aromatic rings. The van der Waals surface area contributed by atoms with Crippen LogP contribution >= 0.6 is 11.6 Å². The van der Waals surface area contributed by atoms with E-state index < -0.39 is 35.3 Å². The number of hydrogen-bond acceptors (Lipinski definition) is 4. The van der Waals surface area contributed by atoms with Crippen molar-refractivity contribution in [2.75, 3.05) is 18.1 Å². The van der Waals surface area contributed by atoms with Crippen LogP contribution in [-0.2, 0) is 19.1 Å². The number of fused-ring (bicyclic) bond motifs is 1. The Balaban J connectivity index is 1.65. The summed E-state index contributed by atoms with van der Waals surface area (Å²) in [5.74, 6) is -2.58. The van der Waals surface area contributed by atoms with Crippen LogP contribution in [0.3, 0.4) is 0 Å². The van der Waals surface area contributed by atoms with E-state index in [1.165, 1.54) is 17.0 Å². The largest absolute Gasteiger partial charge is 0.465 e. The molecule has 3 aliphatic heterocycles. The second-order valence-electron chi connectivity index (χ2n) is 6.59. The minimum absolute atomic E-state index is 0.00755. The highest BCUT2D eigenvalue weighted by molar-refractivity contribution is 6.30. The van der Waals surface area contributed by atoms with Crippen LogP contribution < -0.4 is 4.90 Å². The van der Waals surface area contributed by atoms with Crippen molar-refractivity contribution in [2.24, 2.45) is 11.8 Å². The van der Waals surface area contributed by atoms with Crippen molar-refractivity contribution in [1.29, 1.82) is 0 Å². The lowest BCUT2D eigenvalue weighted by Gasteiger charge is -2.22. The Morgan fingerprint density at radius 3 is 3.04 bits per heavy atom. The number of carbonyl (C=O) groups is 2. The number of amides is 1. The Kier molecular flexibility index (Phi) is 3.85. The zero-order valence-electron chi connectivity index (χ0n) is 13.6. The predicted octanol–water partition coefficient (Wildman–Crippen LogP) is 2.72. The summed E-state index contributed by atoms with van der Waals surface area (Å²) < 4.78 is 25.0. The molecule has 2 fully saturated rings. The van der Waals surface area contributed by atoms with Gasteiger partial charge in [-0.3, -0.25) is 9.59 Å². The maximum atomic E-state index is 13.8. The average molecular weight is 366 g/mol. The zero-order valence-corrected chi connectivity index (χ0v) is 14.3. The molecule has 0 aromatic heterocycles. The maximum absolute atomic E-state index is 13.8. The molecule has 3 heterocycles. The van der Waals surface area contributed by atoms with Crippen molar-refractivity contribution in [3.63, 3.8) is 0 Å². The summed E-state index contributed by atoms with van der Waals surface area (Å²) in [4.78, 5) is 26.9. The van der Waals surface area contributed by atoms with Crippen LogP contribution in [0.25, 0.3) is 0 Å². The first kappa shape index (κ1) is 16.5. The summed E-state index contributed by atoms with van der Waals surface area (Å²) in [6.45, 7) is 2.46. The van der Waals surface area contributed by atoms with E-state index in [-0.39, 0.29) is 17.5 Å². The highest BCUT2D eigenvalue weighted by Crippen LogP contribution is 2.53. The quantitative estimate of drug-likeness (QED) is 0.608. The summed E-state index contributed by atoms with van der Waals surface area (Å²) in [5.41, 5.74) is -0.454. The van der Waals surface area contributed by atoms with Gasteiger partial charge in [0.1, 0.15) is 17.3 Å². The summed E-state index contributed by atoms with van der Waals surface area (Å²) in [6, 6.07) is 4.21. The molecule has 2 bridgehead atoms. The van der Waals surface area contributed by atoms with Gasteiger partial charge in [-0.05, 0) is 24.6 Å². The molecule has 25 heavy (non-hydrogen) atoms. The molecule has 1 amide bonds. The Morgan fingerprint density at radius 1 is 1.52 bits per heavy atom. The first-order chi connectivity index (χ1) is 12.0. The number of hydrogen-bond donors (Lipinski definition) is 0. The number of ether oxygens (including phenoxy) is 2. The van der Waals surface area contributed by atoms with Gasteiger partial charge in [0.15, 0.2) is 0 Å². The third-order valence-corrected chi connectivity index (χ3v) is 5.34. The Morgan fingerprint density at radius 2 is 2.32 bits per heavy atom. The number of carbonyl (C=O) groups excluding carboxylic acids is 2. The summed E-state index contributed by atoms with van der Waals surface area (Å²) >= 11 is 5.72. The van der Waals surface area contributed by atoms with E-state index in [2.05, 4.69) is 0 Å². The first-order valence-corrected chi connectivity index (χ1v) is 8.65. The number of benzene rings is 1. The van der Waals surface area contributed by atoms with Crippen LogP contribution in [-0.4, -0.2) is 36.7 Å². The fourth-order valence-corrected chi connectivity index (χ4v) is 4.06. The van der Waals surface area contributed by atoms with E-state index in [0.717, 1.165) is 0 Å². The number of anilines is 1. The van der Waals surface area contributed by atoms with Crippen LogP contribution in [0.5, 0.6) is 0 Å². The van der Waals surface area contributed by atoms with Gasteiger partial charge in [0.25, 0.3) is 0 Å². The van der Waals surface area contributed by atoms with Crippen LogP contribution in [0.15, 0.2) is 30.4 Å². The standard InChI is InChI=1S/C18H17ClFNO4/c1-2-7-24-17(23)14-13-5-6-18(25-13)9-21(16(22)15(14)18)10-3-4-11(19)12(20)8-10/h3-6,8,13-15H,2,7,9H2,1H3/t13-,14-,15-,18+/m1/s1. The van der Waals surface area contributed by atoms with Crippen LogP contribution in [0.2, 0.25) is 5.02 Å². The molecule has 4 rings (SSSR count). The highest BCUT2D eigenvalue weighted by Gasteiger charge is 2.67. The molecule has 1 spiro atoms. The van der Waals surface area contributed by atoms with Gasteiger partial charge in [-0.25, -0.2) is 4.39 Å². The van der Waals surface area contributed by atoms with E-state index in [9.17, 15) is 14.0 Å². The maximum Gasteiger partial charge on any atom is 0.312 e. The van der Waals surface area contributed by atoms with Crippen molar-refractivity contribution in [2.45, 2.75) is 25.0 Å². The van der Waals surface area contributed by atoms with E-state index in [4.69, 9.17) is 21.1 Å². The molecule has 2 saturated heterocycles. The van der Waals surface area contributed by atoms with Crippen molar-refractivity contribution < 1.29 is 23.5 Å². The third-order valence-electron chi connectivity index (χ3n) is 5.04. The van der Waals surface area contributed by atoms with Crippen molar-refractivity contribution >= 4 is 29.2 Å². The summed E-state index contributed by atoms with van der Waals surface area (Å²) in [7, 11) is 0. The molecule has 0 saturated carbocycles. The van der Waals surface area contributed by atoms with E-state index in [1.54, 1.807) is 6.07 Å². The smallest absolute Gasteiger partial charge is 0.312 e.